The van der Waals surface area contributed by atoms with Gasteiger partial charge in [-0.25, -0.2) is 0 Å². The lowest BCUT2D eigenvalue weighted by molar-refractivity contribution is -0.143. The average molecular weight is 290 g/mol. The number of nitrogens with zero attached hydrogens (tertiary/aromatic N) is 1. The number of hydrogen-bond donors (Lipinski definition) is 2. The largest absolute Gasteiger partial charge is 0.394 e. The van der Waals surface area contributed by atoms with E-state index < -0.39 is 6.04 Å². The Labute approximate surface area is 125 Å². The third kappa shape index (κ3) is 3.82. The number of aliphatic hydroxyl groups is 1. The second-order valence-corrected chi connectivity index (χ2v) is 5.45. The van der Waals surface area contributed by atoms with Crippen molar-refractivity contribution in [1.82, 2.24) is 10.2 Å². The number of carbonyl (C=O) groups excluding carboxylic acids is 2. The van der Waals surface area contributed by atoms with Gasteiger partial charge in [-0.1, -0.05) is 30.3 Å². The Morgan fingerprint density at radius 2 is 2.05 bits per heavy atom. The van der Waals surface area contributed by atoms with Gasteiger partial charge in [0.25, 0.3) is 0 Å². The van der Waals surface area contributed by atoms with Crippen LogP contribution in [-0.2, 0) is 9.59 Å². The Balaban J connectivity index is 2.26. The van der Waals surface area contributed by atoms with Gasteiger partial charge in [0.1, 0.15) is 6.04 Å². The molecule has 1 fully saturated rings. The van der Waals surface area contributed by atoms with Crippen LogP contribution in [0.2, 0.25) is 0 Å². The van der Waals surface area contributed by atoms with Gasteiger partial charge in [-0.15, -0.1) is 0 Å². The minimum atomic E-state index is -0.618. The van der Waals surface area contributed by atoms with Gasteiger partial charge in [-0.3, -0.25) is 9.59 Å². The van der Waals surface area contributed by atoms with Crippen LogP contribution in [0.3, 0.4) is 0 Å². The van der Waals surface area contributed by atoms with E-state index in [0.717, 1.165) is 18.4 Å². The van der Waals surface area contributed by atoms with Crippen molar-refractivity contribution in [2.75, 3.05) is 13.2 Å². The Bertz CT molecular complexity index is 490. The topological polar surface area (TPSA) is 69.6 Å². The Morgan fingerprint density at radius 3 is 2.67 bits per heavy atom. The molecule has 2 atom stereocenters. The number of piperidine rings is 1. The van der Waals surface area contributed by atoms with Crippen LogP contribution in [0, 0.1) is 0 Å². The van der Waals surface area contributed by atoms with Crippen molar-refractivity contribution < 1.29 is 14.7 Å². The molecule has 1 heterocycles. The predicted octanol–water partition coefficient (Wildman–Crippen LogP) is 1.24. The maximum absolute atomic E-state index is 12.5. The van der Waals surface area contributed by atoms with Crippen LogP contribution in [0.1, 0.15) is 37.8 Å². The minimum absolute atomic E-state index is 0.0157. The maximum Gasteiger partial charge on any atom is 0.247 e. The van der Waals surface area contributed by atoms with Crippen LogP contribution in [0.5, 0.6) is 0 Å². The normalized spacial score (nSPS) is 18.2. The summed E-state index contributed by atoms with van der Waals surface area (Å²) in [7, 11) is 0. The van der Waals surface area contributed by atoms with Crippen molar-refractivity contribution in [3.05, 3.63) is 35.9 Å². The molecule has 5 nitrogen and oxygen atoms in total. The first-order chi connectivity index (χ1) is 10.1. The number of carbonyl (C=O) groups is 2. The molecule has 1 aliphatic heterocycles. The van der Waals surface area contributed by atoms with Crippen LogP contribution in [0.25, 0.3) is 0 Å². The highest BCUT2D eigenvalue weighted by Crippen LogP contribution is 2.25. The predicted molar refractivity (Wildman–Crippen MR) is 79.4 cm³/mol. The van der Waals surface area contributed by atoms with Crippen molar-refractivity contribution >= 4 is 11.8 Å². The fraction of sp³-hybridized carbons (Fsp3) is 0.500. The molecule has 0 aliphatic carbocycles. The summed E-state index contributed by atoms with van der Waals surface area (Å²) in [6, 6.07) is 8.37. The summed E-state index contributed by atoms with van der Waals surface area (Å²) < 4.78 is 0. The molecule has 0 saturated carbocycles. The highest BCUT2D eigenvalue weighted by molar-refractivity contribution is 5.89. The van der Waals surface area contributed by atoms with Crippen molar-refractivity contribution in [2.24, 2.45) is 0 Å². The second-order valence-electron chi connectivity index (χ2n) is 5.45. The van der Waals surface area contributed by atoms with Crippen LogP contribution in [0.4, 0.5) is 0 Å². The summed E-state index contributed by atoms with van der Waals surface area (Å²) in [4.78, 5) is 26.4. The molecule has 1 aliphatic rings. The SMILES string of the molecule is CC(CO)NC(=O)C(c1ccccc1)N1CCCCC1=O. The summed E-state index contributed by atoms with van der Waals surface area (Å²) in [6.07, 6.45) is 2.29. The third-order valence-corrected chi connectivity index (χ3v) is 3.70. The molecule has 2 unspecified atom stereocenters. The molecule has 2 N–H and O–H groups in total. The van der Waals surface area contributed by atoms with Gasteiger partial charge in [0, 0.05) is 19.0 Å². The van der Waals surface area contributed by atoms with E-state index in [-0.39, 0.29) is 24.5 Å². The molecule has 0 aromatic heterocycles. The monoisotopic (exact) mass is 290 g/mol. The van der Waals surface area contributed by atoms with E-state index in [4.69, 9.17) is 5.11 Å². The Morgan fingerprint density at radius 1 is 1.33 bits per heavy atom. The molecule has 114 valence electrons. The molecule has 2 amide bonds. The van der Waals surface area contributed by atoms with Crippen molar-refractivity contribution in [2.45, 2.75) is 38.3 Å². The lowest BCUT2D eigenvalue weighted by atomic mass is 10.00. The van der Waals surface area contributed by atoms with E-state index in [1.54, 1.807) is 11.8 Å². The molecule has 0 radical (unpaired) electrons. The fourth-order valence-corrected chi connectivity index (χ4v) is 2.58. The standard InChI is InChI=1S/C16H22N2O3/c1-12(11-19)17-16(21)15(13-7-3-2-4-8-13)18-10-6-5-9-14(18)20/h2-4,7-8,12,15,19H,5-6,9-11H2,1H3,(H,17,21). The Kier molecular flexibility index (Phi) is 5.33. The fourth-order valence-electron chi connectivity index (χ4n) is 2.58. The Hall–Kier alpha value is -1.88. The highest BCUT2D eigenvalue weighted by Gasteiger charge is 2.32. The van der Waals surface area contributed by atoms with Gasteiger partial charge in [0.05, 0.1) is 6.61 Å². The zero-order valence-electron chi connectivity index (χ0n) is 12.3. The molecule has 1 aromatic rings. The van der Waals surface area contributed by atoms with E-state index in [1.807, 2.05) is 30.3 Å². The lowest BCUT2D eigenvalue weighted by Crippen LogP contribution is -2.48. The van der Waals surface area contributed by atoms with Crippen molar-refractivity contribution in [1.29, 1.82) is 0 Å². The van der Waals surface area contributed by atoms with Crippen molar-refractivity contribution in [3.63, 3.8) is 0 Å². The molecule has 2 rings (SSSR count). The second kappa shape index (κ2) is 7.22. The first-order valence-electron chi connectivity index (χ1n) is 7.39. The van der Waals surface area contributed by atoms with Crippen LogP contribution in [0.15, 0.2) is 30.3 Å². The van der Waals surface area contributed by atoms with Crippen LogP contribution < -0.4 is 5.32 Å². The molecule has 0 spiro atoms. The molecular formula is C16H22N2O3. The highest BCUT2D eigenvalue weighted by atomic mass is 16.3. The molecule has 5 heteroatoms. The molecule has 0 bridgehead atoms. The summed E-state index contributed by atoms with van der Waals surface area (Å²) in [5.41, 5.74) is 0.801. The van der Waals surface area contributed by atoms with Crippen LogP contribution >= 0.6 is 0 Å². The van der Waals surface area contributed by atoms with Gasteiger partial charge in [-0.2, -0.15) is 0 Å². The van der Waals surface area contributed by atoms with Gasteiger partial charge in [0.2, 0.25) is 11.8 Å². The number of likely N-dealkylation sites (tertiary alicyclic amines) is 1. The minimum Gasteiger partial charge on any atom is -0.394 e. The van der Waals surface area contributed by atoms with Gasteiger partial charge in [0.15, 0.2) is 0 Å². The summed E-state index contributed by atoms with van der Waals surface area (Å²) in [5, 5.41) is 11.9. The smallest absolute Gasteiger partial charge is 0.247 e. The quantitative estimate of drug-likeness (QED) is 0.857. The molecule has 21 heavy (non-hydrogen) atoms. The number of hydrogen-bond acceptors (Lipinski definition) is 3. The van der Waals surface area contributed by atoms with Gasteiger partial charge >= 0.3 is 0 Å². The number of nitrogens with one attached hydrogen (secondary N) is 1. The van der Waals surface area contributed by atoms with Gasteiger partial charge in [-0.05, 0) is 25.3 Å². The van der Waals surface area contributed by atoms with E-state index in [1.165, 1.54) is 0 Å². The van der Waals surface area contributed by atoms with E-state index in [2.05, 4.69) is 5.32 Å². The number of aliphatic hydroxyl groups excluding tert-OH is 1. The first-order valence-corrected chi connectivity index (χ1v) is 7.39. The summed E-state index contributed by atoms with van der Waals surface area (Å²) >= 11 is 0. The molecular weight excluding hydrogens is 268 g/mol. The van der Waals surface area contributed by atoms with E-state index >= 15 is 0 Å². The maximum atomic E-state index is 12.5. The number of amides is 2. The van der Waals surface area contributed by atoms with Gasteiger partial charge < -0.3 is 15.3 Å². The first kappa shape index (κ1) is 15.5. The zero-order chi connectivity index (χ0) is 15.2. The van der Waals surface area contributed by atoms with Crippen molar-refractivity contribution in [3.8, 4) is 0 Å². The van der Waals surface area contributed by atoms with Crippen LogP contribution in [-0.4, -0.2) is 41.0 Å². The summed E-state index contributed by atoms with van der Waals surface area (Å²) in [5.74, 6) is -0.222. The zero-order valence-corrected chi connectivity index (χ0v) is 12.3. The number of rotatable bonds is 5. The molecule has 1 saturated heterocycles. The lowest BCUT2D eigenvalue weighted by Gasteiger charge is -2.34. The number of benzene rings is 1. The van der Waals surface area contributed by atoms with E-state index in [9.17, 15) is 9.59 Å². The molecule has 1 aromatic carbocycles. The third-order valence-electron chi connectivity index (χ3n) is 3.70. The average Bonchev–Trinajstić information content (AvgIpc) is 2.50. The summed E-state index contributed by atoms with van der Waals surface area (Å²) in [6.45, 7) is 2.21. The van der Waals surface area contributed by atoms with E-state index in [0.29, 0.717) is 13.0 Å².